The van der Waals surface area contributed by atoms with E-state index in [1.54, 1.807) is 30.1 Å². The van der Waals surface area contributed by atoms with Gasteiger partial charge in [0.25, 0.3) is 0 Å². The third-order valence-electron chi connectivity index (χ3n) is 3.47. The third-order valence-corrected chi connectivity index (χ3v) is 3.47. The summed E-state index contributed by atoms with van der Waals surface area (Å²) in [6.07, 6.45) is -2.47. The first-order valence-corrected chi connectivity index (χ1v) is 7.35. The fraction of sp³-hybridized carbons (Fsp3) is 0.267. The van der Waals surface area contributed by atoms with Crippen molar-refractivity contribution in [3.05, 3.63) is 36.0 Å². The van der Waals surface area contributed by atoms with Gasteiger partial charge in [-0.3, -0.25) is 4.68 Å². The average molecular weight is 352 g/mol. The molecule has 0 saturated carbocycles. The first-order valence-electron chi connectivity index (χ1n) is 7.35. The van der Waals surface area contributed by atoms with Gasteiger partial charge in [0.15, 0.2) is 5.65 Å². The molecule has 7 nitrogen and oxygen atoms in total. The van der Waals surface area contributed by atoms with Crippen LogP contribution >= 0.6 is 0 Å². The van der Waals surface area contributed by atoms with Crippen LogP contribution in [0.25, 0.3) is 11.0 Å². The van der Waals surface area contributed by atoms with Gasteiger partial charge in [-0.25, -0.2) is 0 Å². The summed E-state index contributed by atoms with van der Waals surface area (Å²) in [5.74, 6) is 0.449. The molecular formula is C15H15F3N6O. The van der Waals surface area contributed by atoms with Gasteiger partial charge in [-0.1, -0.05) is 12.1 Å². The molecule has 0 saturated heterocycles. The first kappa shape index (κ1) is 16.8. The van der Waals surface area contributed by atoms with Gasteiger partial charge in [0.05, 0.1) is 11.6 Å². The Morgan fingerprint density at radius 2 is 1.92 bits per heavy atom. The molecule has 132 valence electrons. The van der Waals surface area contributed by atoms with Gasteiger partial charge in [0.1, 0.15) is 11.6 Å². The van der Waals surface area contributed by atoms with Crippen molar-refractivity contribution in [3.8, 4) is 5.75 Å². The number of fused-ring (bicyclic) bond motifs is 1. The van der Waals surface area contributed by atoms with Crippen LogP contribution in [0.4, 0.5) is 24.9 Å². The standard InChI is InChI=1S/C15H15F3N6O/c1-24-13-11(8-21-24)12(22-14(19)23-13)20-7-6-9-2-4-10(5-3-9)25-15(16,17)18/h2-5,8H,6-7H2,1H3,(H3,19,20,22,23). The number of benzene rings is 1. The number of nitrogens with zero attached hydrogens (tertiary/aromatic N) is 4. The Morgan fingerprint density at radius 3 is 2.60 bits per heavy atom. The zero-order valence-corrected chi connectivity index (χ0v) is 13.2. The Bertz CT molecular complexity index is 875. The summed E-state index contributed by atoms with van der Waals surface area (Å²) < 4.78 is 41.8. The summed E-state index contributed by atoms with van der Waals surface area (Å²) in [5.41, 5.74) is 7.16. The molecular weight excluding hydrogens is 337 g/mol. The molecule has 2 aromatic heterocycles. The van der Waals surface area contributed by atoms with Crippen molar-refractivity contribution in [2.75, 3.05) is 17.6 Å². The number of hydrogen-bond acceptors (Lipinski definition) is 6. The SMILES string of the molecule is Cn1ncc2c(NCCc3ccc(OC(F)(F)F)cc3)nc(N)nc21. The number of nitrogens with one attached hydrogen (secondary N) is 1. The van der Waals surface area contributed by atoms with Gasteiger partial charge in [-0.2, -0.15) is 15.1 Å². The fourth-order valence-electron chi connectivity index (χ4n) is 2.36. The van der Waals surface area contributed by atoms with Gasteiger partial charge in [0.2, 0.25) is 5.95 Å². The fourth-order valence-corrected chi connectivity index (χ4v) is 2.36. The van der Waals surface area contributed by atoms with E-state index in [0.717, 1.165) is 10.9 Å². The summed E-state index contributed by atoms with van der Waals surface area (Å²) in [5, 5.41) is 8.00. The van der Waals surface area contributed by atoms with Crippen LogP contribution in [-0.4, -0.2) is 32.7 Å². The number of anilines is 2. The zero-order valence-electron chi connectivity index (χ0n) is 13.2. The highest BCUT2D eigenvalue weighted by Crippen LogP contribution is 2.23. The minimum atomic E-state index is -4.69. The van der Waals surface area contributed by atoms with Crippen molar-refractivity contribution in [2.45, 2.75) is 12.8 Å². The minimum Gasteiger partial charge on any atom is -0.406 e. The van der Waals surface area contributed by atoms with E-state index in [9.17, 15) is 13.2 Å². The zero-order chi connectivity index (χ0) is 18.0. The Labute approximate surface area is 140 Å². The van der Waals surface area contributed by atoms with Crippen molar-refractivity contribution in [1.29, 1.82) is 0 Å². The number of nitrogens with two attached hydrogens (primary N) is 1. The minimum absolute atomic E-state index is 0.132. The predicted octanol–water partition coefficient (Wildman–Crippen LogP) is 2.50. The highest BCUT2D eigenvalue weighted by Gasteiger charge is 2.30. The number of nitrogen functional groups attached to an aromatic ring is 1. The Hall–Kier alpha value is -3.04. The smallest absolute Gasteiger partial charge is 0.406 e. The molecule has 2 heterocycles. The quantitative estimate of drug-likeness (QED) is 0.733. The third kappa shape index (κ3) is 4.08. The van der Waals surface area contributed by atoms with Gasteiger partial charge in [-0.05, 0) is 24.1 Å². The van der Waals surface area contributed by atoms with E-state index in [2.05, 4.69) is 25.1 Å². The summed E-state index contributed by atoms with van der Waals surface area (Å²) in [7, 11) is 1.75. The highest BCUT2D eigenvalue weighted by atomic mass is 19.4. The molecule has 25 heavy (non-hydrogen) atoms. The van der Waals surface area contributed by atoms with Crippen LogP contribution in [0.2, 0.25) is 0 Å². The molecule has 3 aromatic rings. The molecule has 0 fully saturated rings. The molecule has 0 radical (unpaired) electrons. The second-order valence-electron chi connectivity index (χ2n) is 5.30. The van der Waals surface area contributed by atoms with Crippen molar-refractivity contribution >= 4 is 22.8 Å². The second-order valence-corrected chi connectivity index (χ2v) is 5.30. The number of hydrogen-bond donors (Lipinski definition) is 2. The first-order chi connectivity index (χ1) is 11.8. The van der Waals surface area contributed by atoms with Crippen LogP contribution in [0.15, 0.2) is 30.5 Å². The number of aromatic nitrogens is 4. The summed E-state index contributed by atoms with van der Waals surface area (Å²) in [4.78, 5) is 8.28. The maximum absolute atomic E-state index is 12.1. The van der Waals surface area contributed by atoms with E-state index < -0.39 is 6.36 Å². The van der Waals surface area contributed by atoms with Crippen molar-refractivity contribution in [1.82, 2.24) is 19.7 Å². The van der Waals surface area contributed by atoms with E-state index in [1.165, 1.54) is 12.1 Å². The molecule has 0 atom stereocenters. The largest absolute Gasteiger partial charge is 0.573 e. The van der Waals surface area contributed by atoms with Crippen molar-refractivity contribution in [3.63, 3.8) is 0 Å². The molecule has 1 aromatic carbocycles. The summed E-state index contributed by atoms with van der Waals surface area (Å²) in [6, 6.07) is 5.73. The maximum atomic E-state index is 12.1. The number of aryl methyl sites for hydroxylation is 1. The second kappa shape index (κ2) is 6.46. The molecule has 0 spiro atoms. The lowest BCUT2D eigenvalue weighted by Gasteiger charge is -2.10. The maximum Gasteiger partial charge on any atom is 0.573 e. The average Bonchev–Trinajstić information content (AvgIpc) is 2.89. The van der Waals surface area contributed by atoms with E-state index in [-0.39, 0.29) is 11.7 Å². The Kier molecular flexibility index (Phi) is 4.34. The van der Waals surface area contributed by atoms with Gasteiger partial charge >= 0.3 is 6.36 Å². The van der Waals surface area contributed by atoms with E-state index in [1.807, 2.05) is 0 Å². The Balaban J connectivity index is 1.63. The predicted molar refractivity (Wildman–Crippen MR) is 86.0 cm³/mol. The molecule has 0 aliphatic heterocycles. The lowest BCUT2D eigenvalue weighted by molar-refractivity contribution is -0.274. The van der Waals surface area contributed by atoms with Crippen LogP contribution < -0.4 is 15.8 Å². The van der Waals surface area contributed by atoms with Crippen LogP contribution in [-0.2, 0) is 13.5 Å². The van der Waals surface area contributed by atoms with Crippen molar-refractivity contribution < 1.29 is 17.9 Å². The number of rotatable bonds is 5. The lowest BCUT2D eigenvalue weighted by atomic mass is 10.1. The molecule has 0 aliphatic rings. The molecule has 3 rings (SSSR count). The molecule has 0 unspecified atom stereocenters. The van der Waals surface area contributed by atoms with E-state index in [4.69, 9.17) is 5.73 Å². The molecule has 0 amide bonds. The van der Waals surface area contributed by atoms with Gasteiger partial charge in [-0.15, -0.1) is 13.2 Å². The number of ether oxygens (including phenoxy) is 1. The van der Waals surface area contributed by atoms with Crippen LogP contribution in [0.5, 0.6) is 5.75 Å². The van der Waals surface area contributed by atoms with Gasteiger partial charge in [0, 0.05) is 13.6 Å². The number of halogens is 3. The van der Waals surface area contributed by atoms with Crippen LogP contribution in [0.3, 0.4) is 0 Å². The molecule has 0 aliphatic carbocycles. The lowest BCUT2D eigenvalue weighted by Crippen LogP contribution is -2.17. The molecule has 0 bridgehead atoms. The number of alkyl halides is 3. The van der Waals surface area contributed by atoms with E-state index >= 15 is 0 Å². The van der Waals surface area contributed by atoms with Gasteiger partial charge < -0.3 is 15.8 Å². The summed E-state index contributed by atoms with van der Waals surface area (Å²) in [6.45, 7) is 0.514. The Morgan fingerprint density at radius 1 is 1.20 bits per heavy atom. The molecule has 3 N–H and O–H groups in total. The van der Waals surface area contributed by atoms with Crippen LogP contribution in [0, 0.1) is 0 Å². The van der Waals surface area contributed by atoms with E-state index in [0.29, 0.717) is 24.4 Å². The summed E-state index contributed by atoms with van der Waals surface area (Å²) >= 11 is 0. The topological polar surface area (TPSA) is 90.9 Å². The van der Waals surface area contributed by atoms with Crippen LogP contribution in [0.1, 0.15) is 5.56 Å². The monoisotopic (exact) mass is 352 g/mol. The van der Waals surface area contributed by atoms with Crippen molar-refractivity contribution in [2.24, 2.45) is 7.05 Å². The normalized spacial score (nSPS) is 11.7. The highest BCUT2D eigenvalue weighted by molar-refractivity contribution is 5.87. The molecule has 10 heteroatoms.